The number of amides is 1. The summed E-state index contributed by atoms with van der Waals surface area (Å²) in [7, 11) is 0. The molecular formula is C12H12N4O4. The predicted molar refractivity (Wildman–Crippen MR) is 66.1 cm³/mol. The second kappa shape index (κ2) is 5.47. The van der Waals surface area contributed by atoms with Crippen LogP contribution < -0.4 is 5.32 Å². The Morgan fingerprint density at radius 2 is 2.15 bits per heavy atom. The monoisotopic (exact) mass is 276 g/mol. The third kappa shape index (κ3) is 2.63. The summed E-state index contributed by atoms with van der Waals surface area (Å²) in [5.41, 5.74) is 0.345. The smallest absolute Gasteiger partial charge is 0.341 e. The number of nitrogens with one attached hydrogen (secondary N) is 1. The minimum atomic E-state index is -1.15. The van der Waals surface area contributed by atoms with Crippen molar-refractivity contribution >= 4 is 11.9 Å². The van der Waals surface area contributed by atoms with Gasteiger partial charge in [-0.05, 0) is 13.8 Å². The van der Waals surface area contributed by atoms with E-state index in [0.717, 1.165) is 0 Å². The van der Waals surface area contributed by atoms with Gasteiger partial charge in [-0.15, -0.1) is 0 Å². The van der Waals surface area contributed by atoms with Crippen LogP contribution in [0.5, 0.6) is 0 Å². The molecule has 0 spiro atoms. The largest absolute Gasteiger partial charge is 0.477 e. The van der Waals surface area contributed by atoms with Crippen LogP contribution in [-0.2, 0) is 0 Å². The third-order valence-corrected chi connectivity index (χ3v) is 2.64. The summed E-state index contributed by atoms with van der Waals surface area (Å²) in [6.07, 6.45) is 4.15. The zero-order valence-electron chi connectivity index (χ0n) is 10.8. The molecule has 104 valence electrons. The lowest BCUT2D eigenvalue weighted by Crippen LogP contribution is -2.28. The topological polar surface area (TPSA) is 118 Å². The van der Waals surface area contributed by atoms with Gasteiger partial charge in [0.05, 0.1) is 17.9 Å². The maximum Gasteiger partial charge on any atom is 0.341 e. The van der Waals surface area contributed by atoms with Crippen LogP contribution in [0.4, 0.5) is 0 Å². The summed E-state index contributed by atoms with van der Waals surface area (Å²) in [6.45, 7) is 3.12. The maximum atomic E-state index is 11.9. The molecule has 0 aromatic carbocycles. The van der Waals surface area contributed by atoms with Crippen LogP contribution >= 0.6 is 0 Å². The van der Waals surface area contributed by atoms with Crippen molar-refractivity contribution in [3.63, 3.8) is 0 Å². The van der Waals surface area contributed by atoms with Crippen LogP contribution in [-0.4, -0.2) is 32.1 Å². The number of aromatic carboxylic acids is 1. The van der Waals surface area contributed by atoms with E-state index in [1.54, 1.807) is 6.92 Å². The predicted octanol–water partition coefficient (Wildman–Crippen LogP) is 0.962. The van der Waals surface area contributed by atoms with Crippen LogP contribution in [0.1, 0.15) is 45.3 Å². The van der Waals surface area contributed by atoms with Gasteiger partial charge in [-0.25, -0.2) is 9.78 Å². The van der Waals surface area contributed by atoms with Gasteiger partial charge in [0.15, 0.2) is 5.76 Å². The van der Waals surface area contributed by atoms with Crippen molar-refractivity contribution in [3.05, 3.63) is 41.3 Å². The summed E-state index contributed by atoms with van der Waals surface area (Å²) in [6, 6.07) is -0.656. The maximum absolute atomic E-state index is 11.9. The molecule has 0 fully saturated rings. The van der Waals surface area contributed by atoms with E-state index in [4.69, 9.17) is 9.63 Å². The Balaban J connectivity index is 2.19. The van der Waals surface area contributed by atoms with Crippen molar-refractivity contribution in [2.24, 2.45) is 0 Å². The SMILES string of the molecule is Cc1noc([C@@H](C)NC(=O)c2cnccn2)c1C(=O)O. The first-order valence-corrected chi connectivity index (χ1v) is 5.77. The molecule has 20 heavy (non-hydrogen) atoms. The number of carbonyl (C=O) groups excluding carboxylic acids is 1. The quantitative estimate of drug-likeness (QED) is 0.853. The Morgan fingerprint density at radius 1 is 1.40 bits per heavy atom. The van der Waals surface area contributed by atoms with Crippen molar-refractivity contribution < 1.29 is 19.2 Å². The summed E-state index contributed by atoms with van der Waals surface area (Å²) in [5.74, 6) is -1.54. The molecule has 2 rings (SSSR count). The third-order valence-electron chi connectivity index (χ3n) is 2.64. The Hall–Kier alpha value is -2.77. The molecule has 0 aliphatic rings. The zero-order chi connectivity index (χ0) is 14.7. The van der Waals surface area contributed by atoms with Gasteiger partial charge in [0, 0.05) is 12.4 Å². The first-order valence-electron chi connectivity index (χ1n) is 5.77. The van der Waals surface area contributed by atoms with Crippen LogP contribution in [0.3, 0.4) is 0 Å². The number of aromatic nitrogens is 3. The van der Waals surface area contributed by atoms with Gasteiger partial charge in [0.25, 0.3) is 5.91 Å². The first kappa shape index (κ1) is 13.7. The fraction of sp³-hybridized carbons (Fsp3) is 0.250. The number of nitrogens with zero attached hydrogens (tertiary/aromatic N) is 3. The number of aryl methyl sites for hydroxylation is 1. The van der Waals surface area contributed by atoms with Gasteiger partial charge in [0.2, 0.25) is 0 Å². The fourth-order valence-electron chi connectivity index (χ4n) is 1.70. The van der Waals surface area contributed by atoms with Gasteiger partial charge in [-0.2, -0.15) is 0 Å². The van der Waals surface area contributed by atoms with Gasteiger partial charge < -0.3 is 14.9 Å². The molecule has 2 N–H and O–H groups in total. The van der Waals surface area contributed by atoms with Crippen molar-refractivity contribution in [1.82, 2.24) is 20.4 Å². The molecule has 2 heterocycles. The van der Waals surface area contributed by atoms with E-state index in [1.807, 2.05) is 0 Å². The normalized spacial score (nSPS) is 11.9. The van der Waals surface area contributed by atoms with Crippen LogP contribution in [0.25, 0.3) is 0 Å². The molecule has 0 radical (unpaired) electrons. The van der Waals surface area contributed by atoms with E-state index in [1.165, 1.54) is 25.5 Å². The van der Waals surface area contributed by atoms with Gasteiger partial charge in [0.1, 0.15) is 11.3 Å². The Kier molecular flexibility index (Phi) is 3.74. The van der Waals surface area contributed by atoms with E-state index in [0.29, 0.717) is 0 Å². The minimum Gasteiger partial charge on any atom is -0.477 e. The summed E-state index contributed by atoms with van der Waals surface area (Å²) in [4.78, 5) is 30.7. The fourth-order valence-corrected chi connectivity index (χ4v) is 1.70. The van der Waals surface area contributed by atoms with Crippen LogP contribution in [0.15, 0.2) is 23.1 Å². The number of carboxylic acid groups (broad SMARTS) is 1. The molecule has 0 unspecified atom stereocenters. The van der Waals surface area contributed by atoms with Crippen molar-refractivity contribution in [3.8, 4) is 0 Å². The zero-order valence-corrected chi connectivity index (χ0v) is 10.8. The van der Waals surface area contributed by atoms with Crippen molar-refractivity contribution in [2.45, 2.75) is 19.9 Å². The Morgan fingerprint density at radius 3 is 2.75 bits per heavy atom. The second-order valence-electron chi connectivity index (χ2n) is 4.10. The lowest BCUT2D eigenvalue weighted by molar-refractivity contribution is 0.0690. The molecular weight excluding hydrogens is 264 g/mol. The lowest BCUT2D eigenvalue weighted by Gasteiger charge is -2.11. The molecule has 2 aromatic heterocycles. The average Bonchev–Trinajstić information content (AvgIpc) is 2.81. The van der Waals surface area contributed by atoms with E-state index in [2.05, 4.69) is 20.4 Å². The molecule has 8 nitrogen and oxygen atoms in total. The Bertz CT molecular complexity index is 638. The molecule has 0 saturated heterocycles. The lowest BCUT2D eigenvalue weighted by atomic mass is 10.1. The highest BCUT2D eigenvalue weighted by molar-refractivity contribution is 5.93. The van der Waals surface area contributed by atoms with Gasteiger partial charge in [-0.3, -0.25) is 9.78 Å². The highest BCUT2D eigenvalue weighted by Gasteiger charge is 2.25. The molecule has 0 aliphatic carbocycles. The summed E-state index contributed by atoms with van der Waals surface area (Å²) in [5, 5.41) is 15.3. The number of carbonyl (C=O) groups is 2. The first-order chi connectivity index (χ1) is 9.50. The number of hydrogen-bond donors (Lipinski definition) is 2. The van der Waals surface area contributed by atoms with Crippen LogP contribution in [0.2, 0.25) is 0 Å². The molecule has 8 heteroatoms. The van der Waals surface area contributed by atoms with Crippen molar-refractivity contribution in [1.29, 1.82) is 0 Å². The highest BCUT2D eigenvalue weighted by Crippen LogP contribution is 2.21. The molecule has 0 bridgehead atoms. The van der Waals surface area contributed by atoms with Gasteiger partial charge in [-0.1, -0.05) is 5.16 Å². The average molecular weight is 276 g/mol. The van der Waals surface area contributed by atoms with Crippen molar-refractivity contribution in [2.75, 3.05) is 0 Å². The number of hydrogen-bond acceptors (Lipinski definition) is 6. The highest BCUT2D eigenvalue weighted by atomic mass is 16.5. The van der Waals surface area contributed by atoms with E-state index in [-0.39, 0.29) is 22.7 Å². The van der Waals surface area contributed by atoms with E-state index in [9.17, 15) is 9.59 Å². The summed E-state index contributed by atoms with van der Waals surface area (Å²) < 4.78 is 4.97. The Labute approximate surface area is 113 Å². The molecule has 0 aliphatic heterocycles. The second-order valence-corrected chi connectivity index (χ2v) is 4.10. The van der Waals surface area contributed by atoms with E-state index < -0.39 is 17.9 Å². The standard InChI is InChI=1S/C12H12N4O4/c1-6-9(12(18)19)10(20-16-6)7(2)15-11(17)8-5-13-3-4-14-8/h3-5,7H,1-2H3,(H,15,17)(H,18,19)/t7-/m1/s1. The summed E-state index contributed by atoms with van der Waals surface area (Å²) >= 11 is 0. The molecule has 1 amide bonds. The minimum absolute atomic E-state index is 0.0445. The number of carboxylic acids is 1. The number of rotatable bonds is 4. The molecule has 2 aromatic rings. The molecule has 1 atom stereocenters. The van der Waals surface area contributed by atoms with E-state index >= 15 is 0 Å². The van der Waals surface area contributed by atoms with Crippen LogP contribution in [0, 0.1) is 6.92 Å². The van der Waals surface area contributed by atoms with Gasteiger partial charge >= 0.3 is 5.97 Å². The molecule has 0 saturated carbocycles.